The number of fused-ring (bicyclic) bond motifs is 1. The summed E-state index contributed by atoms with van der Waals surface area (Å²) in [4.78, 5) is 8.29. The van der Waals surface area contributed by atoms with Crippen LogP contribution >= 0.6 is 11.6 Å². The Hall–Kier alpha value is -2.45. The standard InChI is InChI=1S/C16H14ClFN4O2S/c1-25(2,24)22-10-6-11(17)15-13(7-10)19-8-20-16(15)21-12-4-3-9(18)5-14(12)23/h3-8,23H,1-2H3,(H,19,20,21). The van der Waals surface area contributed by atoms with Crippen LogP contribution in [0.4, 0.5) is 21.6 Å². The molecule has 0 aliphatic rings. The fourth-order valence-corrected chi connectivity index (χ4v) is 3.18. The molecule has 3 aromatic rings. The van der Waals surface area contributed by atoms with Crippen LogP contribution in [0.2, 0.25) is 5.02 Å². The van der Waals surface area contributed by atoms with Gasteiger partial charge in [-0.05, 0) is 24.3 Å². The number of rotatable bonds is 3. The van der Waals surface area contributed by atoms with Gasteiger partial charge in [0.2, 0.25) is 0 Å². The molecule has 0 amide bonds. The molecule has 6 nitrogen and oxygen atoms in total. The summed E-state index contributed by atoms with van der Waals surface area (Å²) in [7, 11) is -2.34. The number of halogens is 2. The number of nitrogens with one attached hydrogen (secondary N) is 1. The quantitative estimate of drug-likeness (QED) is 0.664. The number of aromatic nitrogens is 2. The van der Waals surface area contributed by atoms with Gasteiger partial charge in [-0.15, -0.1) is 0 Å². The van der Waals surface area contributed by atoms with Crippen LogP contribution in [0.5, 0.6) is 5.75 Å². The van der Waals surface area contributed by atoms with Crippen LogP contribution in [0.1, 0.15) is 0 Å². The summed E-state index contributed by atoms with van der Waals surface area (Å²) in [6.07, 6.45) is 4.37. The van der Waals surface area contributed by atoms with Gasteiger partial charge in [0, 0.05) is 28.3 Å². The molecule has 0 saturated carbocycles. The molecular weight excluding hydrogens is 367 g/mol. The third kappa shape index (κ3) is 3.97. The van der Waals surface area contributed by atoms with Crippen molar-refractivity contribution in [1.29, 1.82) is 0 Å². The van der Waals surface area contributed by atoms with Crippen molar-refractivity contribution in [3.63, 3.8) is 0 Å². The highest BCUT2D eigenvalue weighted by Gasteiger charge is 2.12. The SMILES string of the molecule is CS(C)(=O)=Nc1cc(Cl)c2c(Nc3ccc(F)cc3O)ncnc2c1. The first-order valence-corrected chi connectivity index (χ1v) is 9.81. The monoisotopic (exact) mass is 380 g/mol. The molecule has 2 aromatic carbocycles. The van der Waals surface area contributed by atoms with Gasteiger partial charge in [-0.1, -0.05) is 11.6 Å². The van der Waals surface area contributed by atoms with Crippen LogP contribution in [-0.4, -0.2) is 31.8 Å². The number of benzene rings is 2. The molecule has 1 aromatic heterocycles. The highest BCUT2D eigenvalue weighted by molar-refractivity contribution is 7.92. The summed E-state index contributed by atoms with van der Waals surface area (Å²) in [5.41, 5.74) is 1.21. The van der Waals surface area contributed by atoms with Gasteiger partial charge >= 0.3 is 0 Å². The highest BCUT2D eigenvalue weighted by Crippen LogP contribution is 2.35. The molecule has 0 bridgehead atoms. The first-order valence-electron chi connectivity index (χ1n) is 7.10. The third-order valence-electron chi connectivity index (χ3n) is 3.21. The normalized spacial score (nSPS) is 11.5. The fraction of sp³-hybridized carbons (Fsp3) is 0.125. The second kappa shape index (κ2) is 6.45. The highest BCUT2D eigenvalue weighted by atomic mass is 35.5. The second-order valence-electron chi connectivity index (χ2n) is 5.60. The van der Waals surface area contributed by atoms with E-state index in [1.165, 1.54) is 31.0 Å². The van der Waals surface area contributed by atoms with Gasteiger partial charge in [0.15, 0.2) is 0 Å². The molecule has 0 saturated heterocycles. The minimum absolute atomic E-state index is 0.258. The number of phenols is 1. The average molecular weight is 381 g/mol. The molecule has 0 radical (unpaired) electrons. The molecule has 2 N–H and O–H groups in total. The molecule has 1 heterocycles. The molecule has 0 spiro atoms. The van der Waals surface area contributed by atoms with Crippen molar-refractivity contribution in [2.45, 2.75) is 0 Å². The summed E-state index contributed by atoms with van der Waals surface area (Å²) < 4.78 is 29.1. The Labute approximate surface area is 148 Å². The van der Waals surface area contributed by atoms with Crippen molar-refractivity contribution in [1.82, 2.24) is 9.97 Å². The predicted molar refractivity (Wildman–Crippen MR) is 98.0 cm³/mol. The van der Waals surface area contributed by atoms with Crippen molar-refractivity contribution >= 4 is 49.4 Å². The van der Waals surface area contributed by atoms with E-state index < -0.39 is 15.5 Å². The Morgan fingerprint density at radius 1 is 1.24 bits per heavy atom. The van der Waals surface area contributed by atoms with Crippen LogP contribution in [-0.2, 0) is 9.73 Å². The predicted octanol–water partition coefficient (Wildman–Crippen LogP) is 4.23. The van der Waals surface area contributed by atoms with E-state index >= 15 is 0 Å². The van der Waals surface area contributed by atoms with Crippen LogP contribution < -0.4 is 5.32 Å². The molecule has 130 valence electrons. The van der Waals surface area contributed by atoms with E-state index in [-0.39, 0.29) is 11.4 Å². The zero-order valence-electron chi connectivity index (χ0n) is 13.3. The van der Waals surface area contributed by atoms with Crippen LogP contribution in [0.15, 0.2) is 41.0 Å². The van der Waals surface area contributed by atoms with Crippen molar-refractivity contribution in [2.75, 3.05) is 17.8 Å². The Kier molecular flexibility index (Phi) is 4.49. The molecule has 3 rings (SSSR count). The van der Waals surface area contributed by atoms with Gasteiger partial charge in [0.05, 0.1) is 27.3 Å². The Morgan fingerprint density at radius 3 is 2.68 bits per heavy atom. The van der Waals surface area contributed by atoms with E-state index in [4.69, 9.17) is 11.6 Å². The van der Waals surface area contributed by atoms with E-state index in [0.717, 1.165) is 6.07 Å². The minimum Gasteiger partial charge on any atom is -0.506 e. The van der Waals surface area contributed by atoms with Gasteiger partial charge in [-0.2, -0.15) is 4.36 Å². The number of anilines is 2. The molecular formula is C16H14ClFN4O2S. The van der Waals surface area contributed by atoms with E-state index in [0.29, 0.717) is 27.4 Å². The first-order chi connectivity index (χ1) is 11.7. The maximum absolute atomic E-state index is 13.1. The van der Waals surface area contributed by atoms with Crippen LogP contribution in [0.3, 0.4) is 0 Å². The lowest BCUT2D eigenvalue weighted by atomic mass is 10.2. The minimum atomic E-state index is -2.34. The number of phenolic OH excluding ortho intramolecular Hbond substituents is 1. The largest absolute Gasteiger partial charge is 0.506 e. The molecule has 9 heteroatoms. The molecule has 0 aliphatic heterocycles. The summed E-state index contributed by atoms with van der Waals surface area (Å²) in [6, 6.07) is 6.80. The van der Waals surface area contributed by atoms with Gasteiger partial charge in [0.1, 0.15) is 23.7 Å². The maximum atomic E-state index is 13.1. The summed E-state index contributed by atoms with van der Waals surface area (Å²) in [6.45, 7) is 0. The number of aromatic hydroxyl groups is 1. The van der Waals surface area contributed by atoms with Crippen LogP contribution in [0.25, 0.3) is 10.9 Å². The summed E-state index contributed by atoms with van der Waals surface area (Å²) in [5.74, 6) is -0.467. The summed E-state index contributed by atoms with van der Waals surface area (Å²) >= 11 is 6.33. The molecule has 0 unspecified atom stereocenters. The van der Waals surface area contributed by atoms with Crippen molar-refractivity contribution in [3.8, 4) is 5.75 Å². The lowest BCUT2D eigenvalue weighted by Gasteiger charge is -2.11. The van der Waals surface area contributed by atoms with E-state index in [2.05, 4.69) is 19.6 Å². The van der Waals surface area contributed by atoms with E-state index in [1.54, 1.807) is 12.1 Å². The number of hydrogen-bond acceptors (Lipinski definition) is 6. The summed E-state index contributed by atoms with van der Waals surface area (Å²) in [5, 5.41) is 13.6. The Morgan fingerprint density at radius 2 is 2.00 bits per heavy atom. The average Bonchev–Trinajstić information content (AvgIpc) is 2.48. The van der Waals surface area contributed by atoms with Crippen molar-refractivity contribution in [3.05, 3.63) is 47.5 Å². The Bertz CT molecular complexity index is 1090. The third-order valence-corrected chi connectivity index (χ3v) is 4.16. The smallest absolute Gasteiger partial charge is 0.143 e. The zero-order valence-corrected chi connectivity index (χ0v) is 14.9. The second-order valence-corrected chi connectivity index (χ2v) is 8.56. The van der Waals surface area contributed by atoms with Gasteiger partial charge < -0.3 is 10.4 Å². The van der Waals surface area contributed by atoms with Gasteiger partial charge in [0.25, 0.3) is 0 Å². The van der Waals surface area contributed by atoms with Gasteiger partial charge in [-0.25, -0.2) is 18.6 Å². The van der Waals surface area contributed by atoms with Crippen molar-refractivity contribution < 1.29 is 13.7 Å². The topological polar surface area (TPSA) is 87.5 Å². The van der Waals surface area contributed by atoms with E-state index in [9.17, 15) is 13.7 Å². The van der Waals surface area contributed by atoms with Crippen LogP contribution in [0, 0.1) is 5.82 Å². The van der Waals surface area contributed by atoms with E-state index in [1.807, 2.05) is 0 Å². The van der Waals surface area contributed by atoms with Crippen molar-refractivity contribution in [2.24, 2.45) is 4.36 Å². The lowest BCUT2D eigenvalue weighted by molar-refractivity contribution is 0.471. The molecule has 0 aliphatic carbocycles. The molecule has 0 fully saturated rings. The number of nitrogens with zero attached hydrogens (tertiary/aromatic N) is 3. The maximum Gasteiger partial charge on any atom is 0.143 e. The first kappa shape index (κ1) is 17.4. The lowest BCUT2D eigenvalue weighted by Crippen LogP contribution is -1.97. The molecule has 0 atom stereocenters. The molecule has 25 heavy (non-hydrogen) atoms. The Balaban J connectivity index is 2.12. The van der Waals surface area contributed by atoms with Gasteiger partial charge in [-0.3, -0.25) is 0 Å². The fourth-order valence-electron chi connectivity index (χ4n) is 2.27. The zero-order chi connectivity index (χ0) is 18.2. The number of hydrogen-bond donors (Lipinski definition) is 2.